The summed E-state index contributed by atoms with van der Waals surface area (Å²) in [6.45, 7) is -0.263. The molecule has 1 aliphatic rings. The number of amides is 2. The predicted molar refractivity (Wildman–Crippen MR) is 139 cm³/mol. The average molecular weight is 681 g/mol. The zero-order valence-corrected chi connectivity index (χ0v) is 30.3. The largest absolute Gasteiger partial charge is 1.00 e. The fourth-order valence-corrected chi connectivity index (χ4v) is 4.66. The standard InChI is InChI=1S/C23H20N6O10S2.2K/c24-21(30)20-18(23(32)29(27-20)14-6-10-16(11-7-14)41(36,37)38)3-1-2-17-19(12-39-25)26-28(22(17)31)13-4-8-15(9-5-13)40(33,34)35;;/h1-11,26H,12,25H2,(H2,24,30)(H,33,34,35)(H,36,37,38);;/q;2*+1/p-2/b2-1+,18-3+;;. The summed E-state index contributed by atoms with van der Waals surface area (Å²) < 4.78 is 68.1. The number of carbonyl (C=O) groups excluding carboxylic acids is 2. The number of aromatic amines is 1. The van der Waals surface area contributed by atoms with E-state index in [-0.39, 0.29) is 138 Å². The number of nitrogens with zero attached hydrogens (tertiary/aromatic N) is 3. The summed E-state index contributed by atoms with van der Waals surface area (Å²) in [7, 11) is -9.43. The number of benzene rings is 2. The van der Waals surface area contributed by atoms with Gasteiger partial charge in [-0.15, -0.1) is 0 Å². The van der Waals surface area contributed by atoms with Crippen LogP contribution in [0.15, 0.2) is 85.9 Å². The Bertz CT molecular complexity index is 1920. The van der Waals surface area contributed by atoms with E-state index in [1.54, 1.807) is 0 Å². The normalized spacial score (nSPS) is 14.5. The molecule has 43 heavy (non-hydrogen) atoms. The number of hydrogen-bond acceptors (Lipinski definition) is 12. The molecule has 0 fully saturated rings. The van der Waals surface area contributed by atoms with Crippen molar-refractivity contribution in [1.29, 1.82) is 0 Å². The van der Waals surface area contributed by atoms with Crippen LogP contribution in [0.2, 0.25) is 0 Å². The maximum atomic E-state index is 13.1. The second-order valence-electron chi connectivity index (χ2n) is 8.22. The third-order valence-corrected chi connectivity index (χ3v) is 7.32. The van der Waals surface area contributed by atoms with E-state index in [0.29, 0.717) is 0 Å². The van der Waals surface area contributed by atoms with E-state index in [2.05, 4.69) is 15.0 Å². The summed E-state index contributed by atoms with van der Waals surface area (Å²) in [4.78, 5) is 41.7. The van der Waals surface area contributed by atoms with Gasteiger partial charge in [-0.25, -0.2) is 27.4 Å². The molecule has 214 valence electrons. The molecule has 0 atom stereocenters. The number of primary amides is 1. The first kappa shape index (κ1) is 37.7. The molecule has 16 nitrogen and oxygen atoms in total. The molecule has 2 heterocycles. The van der Waals surface area contributed by atoms with Crippen molar-refractivity contribution in [2.45, 2.75) is 16.4 Å². The van der Waals surface area contributed by atoms with Crippen molar-refractivity contribution in [2.24, 2.45) is 16.7 Å². The van der Waals surface area contributed by atoms with Crippen LogP contribution in [0.4, 0.5) is 5.69 Å². The number of hydrogen-bond donors (Lipinski definition) is 3. The van der Waals surface area contributed by atoms with Gasteiger partial charge < -0.3 is 14.8 Å². The molecule has 0 aliphatic carbocycles. The summed E-state index contributed by atoms with van der Waals surface area (Å²) >= 11 is 0. The number of hydrazone groups is 1. The van der Waals surface area contributed by atoms with E-state index in [1.165, 1.54) is 30.4 Å². The van der Waals surface area contributed by atoms with Crippen molar-refractivity contribution in [1.82, 2.24) is 9.78 Å². The quantitative estimate of drug-likeness (QED) is 0.0827. The van der Waals surface area contributed by atoms with E-state index in [1.807, 2.05) is 0 Å². The molecule has 4 rings (SSSR count). The number of allylic oxidation sites excluding steroid dienone is 2. The molecule has 2 amide bonds. The van der Waals surface area contributed by atoms with E-state index in [9.17, 15) is 40.3 Å². The van der Waals surface area contributed by atoms with Gasteiger partial charge in [0.1, 0.15) is 26.8 Å². The summed E-state index contributed by atoms with van der Waals surface area (Å²) in [6, 6.07) is 8.73. The van der Waals surface area contributed by atoms with Crippen LogP contribution in [0.1, 0.15) is 11.3 Å². The summed E-state index contributed by atoms with van der Waals surface area (Å²) in [5, 5.41) is 7.42. The van der Waals surface area contributed by atoms with Gasteiger partial charge in [0.2, 0.25) is 0 Å². The van der Waals surface area contributed by atoms with Gasteiger partial charge in [-0.05, 0) is 60.7 Å². The Kier molecular flexibility index (Phi) is 13.4. The number of nitrogens with two attached hydrogens (primary N) is 2. The number of anilines is 1. The summed E-state index contributed by atoms with van der Waals surface area (Å²) in [6.07, 6.45) is 3.69. The van der Waals surface area contributed by atoms with E-state index in [0.717, 1.165) is 46.1 Å². The smallest absolute Gasteiger partial charge is 0.744 e. The first-order valence-electron chi connectivity index (χ1n) is 11.1. The molecule has 2 aromatic carbocycles. The van der Waals surface area contributed by atoms with Gasteiger partial charge in [0.05, 0.1) is 38.0 Å². The first-order valence-corrected chi connectivity index (χ1v) is 13.9. The van der Waals surface area contributed by atoms with Crippen LogP contribution < -0.4 is 125 Å². The molecule has 3 aromatic rings. The van der Waals surface area contributed by atoms with Crippen molar-refractivity contribution >= 4 is 49.5 Å². The third kappa shape index (κ3) is 8.63. The minimum atomic E-state index is -4.73. The first-order chi connectivity index (χ1) is 19.2. The molecule has 1 aliphatic heterocycles. The molecule has 20 heteroatoms. The Labute approximate surface area is 329 Å². The van der Waals surface area contributed by atoms with Crippen molar-refractivity contribution < 1.29 is 143 Å². The molecule has 0 radical (unpaired) electrons. The topological polar surface area (TPSA) is 263 Å². The third-order valence-electron chi connectivity index (χ3n) is 5.62. The molecular formula is C23H18K2N6O10S2. The van der Waals surface area contributed by atoms with Gasteiger partial charge in [-0.2, -0.15) is 10.1 Å². The van der Waals surface area contributed by atoms with Crippen molar-refractivity contribution in [3.8, 4) is 5.69 Å². The second kappa shape index (κ2) is 15.2. The van der Waals surface area contributed by atoms with Crippen LogP contribution >= 0.6 is 0 Å². The van der Waals surface area contributed by atoms with Crippen molar-refractivity contribution in [3.05, 3.63) is 87.9 Å². The van der Waals surface area contributed by atoms with E-state index < -0.39 is 53.1 Å². The zero-order chi connectivity index (χ0) is 30.1. The van der Waals surface area contributed by atoms with Crippen LogP contribution in [0.3, 0.4) is 0 Å². The summed E-state index contributed by atoms with van der Waals surface area (Å²) in [5.41, 5.74) is 4.47. The van der Waals surface area contributed by atoms with Crippen molar-refractivity contribution in [3.63, 3.8) is 0 Å². The van der Waals surface area contributed by atoms with Crippen LogP contribution in [0.25, 0.3) is 11.8 Å². The van der Waals surface area contributed by atoms with Gasteiger partial charge in [-0.3, -0.25) is 24.3 Å². The van der Waals surface area contributed by atoms with Gasteiger partial charge in [0.25, 0.3) is 17.4 Å². The molecule has 0 bridgehead atoms. The molecule has 1 aromatic heterocycles. The van der Waals surface area contributed by atoms with Crippen molar-refractivity contribution in [2.75, 3.05) is 5.01 Å². The van der Waals surface area contributed by atoms with Crippen LogP contribution in [0.5, 0.6) is 0 Å². The number of H-pyrrole nitrogens is 1. The number of carbonyl (C=O) groups is 2. The van der Waals surface area contributed by atoms with E-state index in [4.69, 9.17) is 11.6 Å². The van der Waals surface area contributed by atoms with Gasteiger partial charge in [0.15, 0.2) is 5.71 Å². The Balaban J connectivity index is 0.00000323. The zero-order valence-electron chi connectivity index (χ0n) is 22.5. The Morgan fingerprint density at radius 3 is 1.91 bits per heavy atom. The molecular weight excluding hydrogens is 663 g/mol. The summed E-state index contributed by atoms with van der Waals surface area (Å²) in [5.74, 6) is 3.29. The second-order valence-corrected chi connectivity index (χ2v) is 11.0. The van der Waals surface area contributed by atoms with Gasteiger partial charge in [-0.1, -0.05) is 6.08 Å². The monoisotopic (exact) mass is 680 g/mol. The molecule has 0 unspecified atom stereocenters. The minimum Gasteiger partial charge on any atom is -0.744 e. The number of nitrogens with one attached hydrogen (secondary N) is 1. The Morgan fingerprint density at radius 1 is 0.930 bits per heavy atom. The van der Waals surface area contributed by atoms with Crippen LogP contribution in [-0.4, -0.2) is 53.2 Å². The van der Waals surface area contributed by atoms with Crippen LogP contribution in [0, 0.1) is 0 Å². The SMILES string of the molecule is NOCc1[nH]n(-c2ccc(S(=O)(=O)[O-])cc2)c(=O)c1/C=C/C=C1/C(=O)N(c2ccc(S(=O)(=O)[O-])cc2)N=C1C(N)=O.[K+].[K+]. The fraction of sp³-hybridized carbons (Fsp3) is 0.0435. The Hall–Kier alpha value is -1.45. The molecule has 5 N–H and O–H groups in total. The van der Waals surface area contributed by atoms with Crippen LogP contribution in [-0.2, 0) is 41.3 Å². The fourth-order valence-electron chi connectivity index (χ4n) is 3.72. The van der Waals surface area contributed by atoms with Gasteiger partial charge in [0, 0.05) is 0 Å². The average Bonchev–Trinajstić information content (AvgIpc) is 3.40. The maximum absolute atomic E-state index is 13.1. The molecule has 0 saturated heterocycles. The minimum absolute atomic E-state index is 0. The maximum Gasteiger partial charge on any atom is 1.00 e. The predicted octanol–water partition coefficient (Wildman–Crippen LogP) is -6.80. The van der Waals surface area contributed by atoms with Gasteiger partial charge >= 0.3 is 103 Å². The molecule has 0 saturated carbocycles. The Morgan fingerprint density at radius 2 is 1.44 bits per heavy atom. The number of rotatable bonds is 9. The molecule has 0 spiro atoms. The number of aromatic nitrogens is 2. The van der Waals surface area contributed by atoms with E-state index >= 15 is 0 Å².